The molecule has 0 saturated carbocycles. The zero-order valence-corrected chi connectivity index (χ0v) is 18.6. The number of urea groups is 1. The molecule has 2 atom stereocenters. The third-order valence-corrected chi connectivity index (χ3v) is 5.96. The van der Waals surface area contributed by atoms with E-state index in [4.69, 9.17) is 16.3 Å². The molecule has 3 aromatic rings. The molecule has 0 unspecified atom stereocenters. The van der Waals surface area contributed by atoms with Crippen LogP contribution in [0.15, 0.2) is 48.7 Å². The Hall–Kier alpha value is -3.50. The molecule has 1 aromatic heterocycles. The summed E-state index contributed by atoms with van der Waals surface area (Å²) in [6.07, 6.45) is 0.0659. The predicted molar refractivity (Wildman–Crippen MR) is 121 cm³/mol. The van der Waals surface area contributed by atoms with Crippen LogP contribution >= 0.6 is 11.6 Å². The molecule has 1 aliphatic heterocycles. The summed E-state index contributed by atoms with van der Waals surface area (Å²) in [6, 6.07) is 8.71. The number of hydrogen-bond acceptors (Lipinski definition) is 5. The molecule has 178 valence electrons. The van der Waals surface area contributed by atoms with Crippen LogP contribution in [-0.4, -0.2) is 52.4 Å². The van der Waals surface area contributed by atoms with Gasteiger partial charge in [-0.05, 0) is 47.7 Å². The third kappa shape index (κ3) is 5.35. The van der Waals surface area contributed by atoms with Crippen LogP contribution in [0.3, 0.4) is 0 Å². The van der Waals surface area contributed by atoms with Crippen LogP contribution in [-0.2, 0) is 11.3 Å². The second-order valence-electron chi connectivity index (χ2n) is 7.77. The lowest BCUT2D eigenvalue weighted by Crippen LogP contribution is -2.47. The Morgan fingerprint density at radius 1 is 1.21 bits per heavy atom. The first-order valence-corrected chi connectivity index (χ1v) is 10.8. The lowest BCUT2D eigenvalue weighted by atomic mass is 10.2. The molecule has 4 rings (SSSR count). The minimum Gasteiger partial charge on any atom is -0.447 e. The number of pyridine rings is 1. The fourth-order valence-electron chi connectivity index (χ4n) is 3.73. The van der Waals surface area contributed by atoms with Crippen molar-refractivity contribution in [3.8, 4) is 0 Å². The zero-order valence-electron chi connectivity index (χ0n) is 17.8. The van der Waals surface area contributed by atoms with Gasteiger partial charge in [-0.15, -0.1) is 0 Å². The summed E-state index contributed by atoms with van der Waals surface area (Å²) in [6.45, 7) is -0.0228. The number of aromatic nitrogens is 1. The third-order valence-electron chi connectivity index (χ3n) is 5.53. The summed E-state index contributed by atoms with van der Waals surface area (Å²) < 4.78 is 32.2. The number of amides is 3. The Balaban J connectivity index is 1.33. The molecular weight excluding hydrogens is 470 g/mol. The van der Waals surface area contributed by atoms with Gasteiger partial charge >= 0.3 is 12.1 Å². The Morgan fingerprint density at radius 2 is 2.03 bits per heavy atom. The van der Waals surface area contributed by atoms with Gasteiger partial charge in [-0.1, -0.05) is 23.7 Å². The smallest absolute Gasteiger partial charge is 0.412 e. The van der Waals surface area contributed by atoms with E-state index in [1.807, 2.05) is 0 Å². The van der Waals surface area contributed by atoms with Crippen LogP contribution in [0.25, 0.3) is 10.8 Å². The highest BCUT2D eigenvalue weighted by molar-refractivity contribution is 6.31. The van der Waals surface area contributed by atoms with Gasteiger partial charge in [-0.2, -0.15) is 0 Å². The number of halogens is 3. The van der Waals surface area contributed by atoms with Gasteiger partial charge in [0.25, 0.3) is 0 Å². The van der Waals surface area contributed by atoms with Crippen LogP contribution in [0.4, 0.5) is 24.2 Å². The van der Waals surface area contributed by atoms with Crippen LogP contribution in [0.2, 0.25) is 5.02 Å². The number of nitrogens with zero attached hydrogens (tertiary/aromatic N) is 2. The summed E-state index contributed by atoms with van der Waals surface area (Å²) in [5, 5.41) is 16.5. The van der Waals surface area contributed by atoms with Crippen molar-refractivity contribution in [1.82, 2.24) is 15.2 Å². The van der Waals surface area contributed by atoms with Crippen molar-refractivity contribution >= 4 is 40.3 Å². The monoisotopic (exact) mass is 490 g/mol. The number of ether oxygens (including phenoxy) is 1. The van der Waals surface area contributed by atoms with Crippen molar-refractivity contribution in [2.75, 3.05) is 18.5 Å². The van der Waals surface area contributed by atoms with E-state index in [1.54, 1.807) is 12.1 Å². The van der Waals surface area contributed by atoms with Gasteiger partial charge in [0.2, 0.25) is 0 Å². The number of rotatable bonds is 5. The Kier molecular flexibility index (Phi) is 7.09. The van der Waals surface area contributed by atoms with Crippen LogP contribution in [0.1, 0.15) is 12.0 Å². The number of hydrogen-bond donors (Lipinski definition) is 3. The number of carbonyl (C=O) groups excluding carboxylic acids is 2. The van der Waals surface area contributed by atoms with Gasteiger partial charge in [0.1, 0.15) is 24.1 Å². The van der Waals surface area contributed by atoms with Crippen molar-refractivity contribution in [1.29, 1.82) is 0 Å². The maximum absolute atomic E-state index is 13.6. The Bertz CT molecular complexity index is 1230. The molecule has 34 heavy (non-hydrogen) atoms. The van der Waals surface area contributed by atoms with Crippen molar-refractivity contribution in [3.05, 3.63) is 70.9 Å². The van der Waals surface area contributed by atoms with Gasteiger partial charge in [-0.25, -0.2) is 23.4 Å². The van der Waals surface area contributed by atoms with Crippen LogP contribution < -0.4 is 10.6 Å². The van der Waals surface area contributed by atoms with Gasteiger partial charge < -0.3 is 20.1 Å². The normalized spacial score (nSPS) is 17.6. The first-order valence-electron chi connectivity index (χ1n) is 10.5. The Labute approximate surface area is 198 Å². The molecule has 1 fully saturated rings. The van der Waals surface area contributed by atoms with E-state index in [-0.39, 0.29) is 30.5 Å². The highest BCUT2D eigenvalue weighted by Gasteiger charge is 2.37. The molecular formula is C23H21ClF2N4O4. The average Bonchev–Trinajstić information content (AvgIpc) is 3.18. The number of aliphatic hydroxyl groups is 1. The molecule has 2 aromatic carbocycles. The number of anilines is 1. The summed E-state index contributed by atoms with van der Waals surface area (Å²) in [5.74, 6) is -0.842. The number of aliphatic hydroxyl groups excluding tert-OH is 1. The second kappa shape index (κ2) is 10.2. The molecule has 1 saturated heterocycles. The van der Waals surface area contributed by atoms with Gasteiger partial charge in [0, 0.05) is 24.7 Å². The van der Waals surface area contributed by atoms with Gasteiger partial charge in [0.05, 0.1) is 17.2 Å². The molecule has 0 radical (unpaired) electrons. The highest BCUT2D eigenvalue weighted by atomic mass is 35.5. The Morgan fingerprint density at radius 3 is 2.85 bits per heavy atom. The van der Waals surface area contributed by atoms with E-state index in [0.29, 0.717) is 22.8 Å². The molecule has 3 N–H and O–H groups in total. The number of carbonyl (C=O) groups is 2. The average molecular weight is 491 g/mol. The maximum Gasteiger partial charge on any atom is 0.412 e. The molecule has 0 bridgehead atoms. The summed E-state index contributed by atoms with van der Waals surface area (Å²) >= 11 is 5.91. The molecule has 2 heterocycles. The molecule has 8 nitrogen and oxygen atoms in total. The van der Waals surface area contributed by atoms with Crippen molar-refractivity contribution in [3.63, 3.8) is 0 Å². The minimum absolute atomic E-state index is 0.00961. The number of benzene rings is 2. The summed E-state index contributed by atoms with van der Waals surface area (Å²) in [5.41, 5.74) is 0.407. The van der Waals surface area contributed by atoms with E-state index in [2.05, 4.69) is 15.6 Å². The lowest BCUT2D eigenvalue weighted by molar-refractivity contribution is 0.0699. The lowest BCUT2D eigenvalue weighted by Gasteiger charge is -2.26. The van der Waals surface area contributed by atoms with E-state index >= 15 is 0 Å². The van der Waals surface area contributed by atoms with Crippen molar-refractivity contribution in [2.24, 2.45) is 0 Å². The molecule has 1 aliphatic rings. The van der Waals surface area contributed by atoms with E-state index < -0.39 is 35.9 Å². The van der Waals surface area contributed by atoms with Gasteiger partial charge in [0.15, 0.2) is 0 Å². The molecule has 0 spiro atoms. The van der Waals surface area contributed by atoms with E-state index in [9.17, 15) is 23.5 Å². The SMILES string of the molecule is O=C(Nc1cc2cc(F)ccc2cn1)OC[C@@H]1[C@H](O)CCN1C(=O)NCc1cccc(F)c1Cl. The fraction of sp³-hybridized carbons (Fsp3) is 0.261. The van der Waals surface area contributed by atoms with E-state index in [1.165, 1.54) is 41.4 Å². The molecule has 3 amide bonds. The number of fused-ring (bicyclic) bond motifs is 1. The molecule has 0 aliphatic carbocycles. The van der Waals surface area contributed by atoms with Crippen LogP contribution in [0, 0.1) is 11.6 Å². The zero-order chi connectivity index (χ0) is 24.2. The first-order chi connectivity index (χ1) is 16.3. The standard InChI is InChI=1S/C23H21ClF2N4O4/c24-21-14(2-1-3-17(21)26)11-28-22(32)30-7-6-19(31)18(30)12-34-23(33)29-20-9-15-8-16(25)5-4-13(15)10-27-20/h1-5,8-10,18-19,31H,6-7,11-12H2,(H,28,32)(H,27,29,33)/t18-,19-/m1/s1. The van der Waals surface area contributed by atoms with Crippen molar-refractivity contribution in [2.45, 2.75) is 25.1 Å². The first kappa shape index (κ1) is 23.7. The highest BCUT2D eigenvalue weighted by Crippen LogP contribution is 2.22. The number of nitrogens with one attached hydrogen (secondary N) is 2. The minimum atomic E-state index is -0.891. The predicted octanol–water partition coefficient (Wildman–Crippen LogP) is 4.06. The van der Waals surface area contributed by atoms with Crippen molar-refractivity contribution < 1.29 is 28.2 Å². The van der Waals surface area contributed by atoms with E-state index in [0.717, 1.165) is 0 Å². The summed E-state index contributed by atoms with van der Waals surface area (Å²) in [7, 11) is 0. The summed E-state index contributed by atoms with van der Waals surface area (Å²) in [4.78, 5) is 30.3. The largest absolute Gasteiger partial charge is 0.447 e. The fourth-order valence-corrected chi connectivity index (χ4v) is 3.92. The van der Waals surface area contributed by atoms with Crippen LogP contribution in [0.5, 0.6) is 0 Å². The number of likely N-dealkylation sites (tertiary alicyclic amines) is 1. The quantitative estimate of drug-likeness (QED) is 0.500. The van der Waals surface area contributed by atoms with Gasteiger partial charge in [-0.3, -0.25) is 5.32 Å². The second-order valence-corrected chi connectivity index (χ2v) is 8.15. The topological polar surface area (TPSA) is 104 Å². The molecule has 11 heteroatoms. The maximum atomic E-state index is 13.6.